The van der Waals surface area contributed by atoms with Gasteiger partial charge < -0.3 is 15.2 Å². The van der Waals surface area contributed by atoms with Crippen molar-refractivity contribution in [2.24, 2.45) is 5.73 Å². The fraction of sp³-hybridized carbons (Fsp3) is 0.600. The quantitative estimate of drug-likeness (QED) is 0.890. The molecule has 1 aliphatic carbocycles. The molecule has 0 heterocycles. The number of methoxy groups -OCH3 is 1. The summed E-state index contributed by atoms with van der Waals surface area (Å²) >= 11 is 0. The molecule has 0 atom stereocenters. The van der Waals surface area contributed by atoms with E-state index in [1.807, 2.05) is 18.2 Å². The van der Waals surface area contributed by atoms with Crippen LogP contribution in [0.2, 0.25) is 0 Å². The van der Waals surface area contributed by atoms with E-state index in [4.69, 9.17) is 15.2 Å². The molecule has 0 amide bonds. The fourth-order valence-electron chi connectivity index (χ4n) is 2.60. The van der Waals surface area contributed by atoms with Gasteiger partial charge in [-0.1, -0.05) is 12.5 Å². The van der Waals surface area contributed by atoms with Crippen LogP contribution in [0.4, 0.5) is 0 Å². The zero-order chi connectivity index (χ0) is 13.0. The van der Waals surface area contributed by atoms with Crippen LogP contribution in [0.1, 0.15) is 44.6 Å². The SMILES string of the molecule is COc1ccc(CN)cc1OC1(C)CCCCC1. The average molecular weight is 249 g/mol. The molecule has 3 nitrogen and oxygen atoms in total. The van der Waals surface area contributed by atoms with Gasteiger partial charge >= 0.3 is 0 Å². The first-order valence-electron chi connectivity index (χ1n) is 6.73. The Hall–Kier alpha value is -1.22. The first-order chi connectivity index (χ1) is 8.67. The molecule has 1 fully saturated rings. The molecule has 18 heavy (non-hydrogen) atoms. The maximum atomic E-state index is 6.23. The van der Waals surface area contributed by atoms with Crippen LogP contribution in [-0.2, 0) is 6.54 Å². The molecule has 0 spiro atoms. The van der Waals surface area contributed by atoms with Crippen molar-refractivity contribution in [2.45, 2.75) is 51.2 Å². The van der Waals surface area contributed by atoms with Crippen LogP contribution in [0.3, 0.4) is 0 Å². The molecule has 1 aromatic rings. The highest BCUT2D eigenvalue weighted by Crippen LogP contribution is 2.37. The van der Waals surface area contributed by atoms with Gasteiger partial charge in [0.15, 0.2) is 11.5 Å². The lowest BCUT2D eigenvalue weighted by Gasteiger charge is -2.34. The lowest BCUT2D eigenvalue weighted by atomic mass is 9.86. The van der Waals surface area contributed by atoms with E-state index in [0.29, 0.717) is 6.54 Å². The first kappa shape index (κ1) is 13.2. The molecular weight excluding hydrogens is 226 g/mol. The minimum Gasteiger partial charge on any atom is -0.493 e. The van der Waals surface area contributed by atoms with Crippen molar-refractivity contribution in [2.75, 3.05) is 7.11 Å². The molecule has 1 aliphatic rings. The Labute approximate surface area is 109 Å². The van der Waals surface area contributed by atoms with Crippen molar-refractivity contribution in [3.8, 4) is 11.5 Å². The van der Waals surface area contributed by atoms with Gasteiger partial charge in [-0.2, -0.15) is 0 Å². The zero-order valence-electron chi connectivity index (χ0n) is 11.4. The van der Waals surface area contributed by atoms with Gasteiger partial charge in [-0.15, -0.1) is 0 Å². The normalized spacial score (nSPS) is 18.4. The van der Waals surface area contributed by atoms with Crippen LogP contribution >= 0.6 is 0 Å². The molecule has 100 valence electrons. The van der Waals surface area contributed by atoms with E-state index in [9.17, 15) is 0 Å². The minimum absolute atomic E-state index is 0.0568. The Morgan fingerprint density at radius 3 is 2.50 bits per heavy atom. The number of ether oxygens (including phenoxy) is 2. The van der Waals surface area contributed by atoms with E-state index < -0.39 is 0 Å². The van der Waals surface area contributed by atoms with Gasteiger partial charge in [0.05, 0.1) is 7.11 Å². The second-order valence-electron chi connectivity index (χ2n) is 5.30. The number of hydrogen-bond donors (Lipinski definition) is 1. The van der Waals surface area contributed by atoms with E-state index in [0.717, 1.165) is 29.9 Å². The van der Waals surface area contributed by atoms with Gasteiger partial charge in [0.1, 0.15) is 5.60 Å². The van der Waals surface area contributed by atoms with Gasteiger partial charge in [-0.25, -0.2) is 0 Å². The lowest BCUT2D eigenvalue weighted by molar-refractivity contribution is 0.0459. The molecule has 0 bridgehead atoms. The van der Waals surface area contributed by atoms with Gasteiger partial charge in [0, 0.05) is 6.54 Å². The molecular formula is C15H23NO2. The smallest absolute Gasteiger partial charge is 0.162 e. The maximum Gasteiger partial charge on any atom is 0.162 e. The van der Waals surface area contributed by atoms with Crippen LogP contribution in [0.15, 0.2) is 18.2 Å². The summed E-state index contributed by atoms with van der Waals surface area (Å²) in [5, 5.41) is 0. The van der Waals surface area contributed by atoms with Crippen LogP contribution in [0.25, 0.3) is 0 Å². The van der Waals surface area contributed by atoms with E-state index in [1.165, 1.54) is 19.3 Å². The van der Waals surface area contributed by atoms with E-state index in [2.05, 4.69) is 6.92 Å². The molecule has 2 rings (SSSR count). The number of nitrogens with two attached hydrogens (primary N) is 1. The van der Waals surface area contributed by atoms with Crippen molar-refractivity contribution in [3.05, 3.63) is 23.8 Å². The summed E-state index contributed by atoms with van der Waals surface area (Å²) in [6.45, 7) is 2.72. The molecule has 1 saturated carbocycles. The summed E-state index contributed by atoms with van der Waals surface area (Å²) in [7, 11) is 1.67. The van der Waals surface area contributed by atoms with Crippen molar-refractivity contribution < 1.29 is 9.47 Å². The van der Waals surface area contributed by atoms with Crippen LogP contribution in [0, 0.1) is 0 Å². The minimum atomic E-state index is -0.0568. The second kappa shape index (κ2) is 5.61. The van der Waals surface area contributed by atoms with Crippen molar-refractivity contribution in [1.82, 2.24) is 0 Å². The third-order valence-electron chi connectivity index (χ3n) is 3.73. The van der Waals surface area contributed by atoms with Gasteiger partial charge in [-0.05, 0) is 50.3 Å². The molecule has 3 heteroatoms. The molecule has 0 aliphatic heterocycles. The highest BCUT2D eigenvalue weighted by molar-refractivity contribution is 5.43. The molecule has 1 aromatic carbocycles. The van der Waals surface area contributed by atoms with E-state index in [1.54, 1.807) is 7.11 Å². The monoisotopic (exact) mass is 249 g/mol. The maximum absolute atomic E-state index is 6.23. The third-order valence-corrected chi connectivity index (χ3v) is 3.73. The number of hydrogen-bond acceptors (Lipinski definition) is 3. The molecule has 0 unspecified atom stereocenters. The summed E-state index contributed by atoms with van der Waals surface area (Å²) in [4.78, 5) is 0. The standard InChI is InChI=1S/C15H23NO2/c1-15(8-4-3-5-9-15)18-14-10-12(11-16)6-7-13(14)17-2/h6-7,10H,3-5,8-9,11,16H2,1-2H3. The average Bonchev–Trinajstić information content (AvgIpc) is 2.39. The highest BCUT2D eigenvalue weighted by Gasteiger charge is 2.29. The topological polar surface area (TPSA) is 44.5 Å². The third kappa shape index (κ3) is 2.96. The summed E-state index contributed by atoms with van der Waals surface area (Å²) in [5.74, 6) is 1.61. The summed E-state index contributed by atoms with van der Waals surface area (Å²) < 4.78 is 11.6. The van der Waals surface area contributed by atoms with Crippen LogP contribution < -0.4 is 15.2 Å². The number of rotatable bonds is 4. The molecule has 2 N–H and O–H groups in total. The Bertz CT molecular complexity index is 397. The zero-order valence-corrected chi connectivity index (χ0v) is 11.4. The Kier molecular flexibility index (Phi) is 4.12. The molecule has 0 aromatic heterocycles. The Morgan fingerprint density at radius 1 is 1.17 bits per heavy atom. The summed E-state index contributed by atoms with van der Waals surface area (Å²) in [6, 6.07) is 5.91. The lowest BCUT2D eigenvalue weighted by Crippen LogP contribution is -2.34. The van der Waals surface area contributed by atoms with Crippen LogP contribution in [0.5, 0.6) is 11.5 Å². The predicted octanol–water partition coefficient (Wildman–Crippen LogP) is 3.26. The van der Waals surface area contributed by atoms with Gasteiger partial charge in [0.25, 0.3) is 0 Å². The molecule has 0 saturated heterocycles. The Balaban J connectivity index is 2.20. The van der Waals surface area contributed by atoms with Crippen molar-refractivity contribution >= 4 is 0 Å². The second-order valence-corrected chi connectivity index (χ2v) is 5.30. The molecule has 0 radical (unpaired) electrons. The summed E-state index contributed by atoms with van der Waals surface area (Å²) in [5.41, 5.74) is 6.70. The first-order valence-corrected chi connectivity index (χ1v) is 6.73. The fourth-order valence-corrected chi connectivity index (χ4v) is 2.60. The summed E-state index contributed by atoms with van der Waals surface area (Å²) in [6.07, 6.45) is 6.04. The van der Waals surface area contributed by atoms with Crippen molar-refractivity contribution in [1.29, 1.82) is 0 Å². The number of benzene rings is 1. The van der Waals surface area contributed by atoms with Gasteiger partial charge in [0.2, 0.25) is 0 Å². The highest BCUT2D eigenvalue weighted by atomic mass is 16.5. The predicted molar refractivity (Wildman–Crippen MR) is 73.0 cm³/mol. The Morgan fingerprint density at radius 2 is 1.89 bits per heavy atom. The largest absolute Gasteiger partial charge is 0.493 e. The van der Waals surface area contributed by atoms with E-state index >= 15 is 0 Å². The van der Waals surface area contributed by atoms with Gasteiger partial charge in [-0.3, -0.25) is 0 Å². The van der Waals surface area contributed by atoms with Crippen molar-refractivity contribution in [3.63, 3.8) is 0 Å². The van der Waals surface area contributed by atoms with Crippen LogP contribution in [-0.4, -0.2) is 12.7 Å². The van der Waals surface area contributed by atoms with E-state index in [-0.39, 0.29) is 5.60 Å².